The highest BCUT2D eigenvalue weighted by molar-refractivity contribution is 5.78. The van der Waals surface area contributed by atoms with Crippen molar-refractivity contribution < 1.29 is 4.79 Å². The molecule has 0 unspecified atom stereocenters. The minimum atomic E-state index is 0.261. The average molecular weight is 153 g/mol. The fourth-order valence-corrected chi connectivity index (χ4v) is 0.803. The van der Waals surface area contributed by atoms with Gasteiger partial charge in [0.1, 0.15) is 5.78 Å². The molecule has 0 fully saturated rings. The van der Waals surface area contributed by atoms with Gasteiger partial charge in [-0.2, -0.15) is 0 Å². The Hall–Kier alpha value is -0.810. The number of terminal acetylenes is 1. The first-order chi connectivity index (χ1) is 5.31. The maximum absolute atomic E-state index is 10.9. The smallest absolute Gasteiger partial charge is 0.133 e. The van der Waals surface area contributed by atoms with Crippen LogP contribution < -0.4 is 5.73 Å². The molecule has 0 saturated carbocycles. The average Bonchev–Trinajstić information content (AvgIpc) is 2.01. The zero-order valence-corrected chi connectivity index (χ0v) is 6.81. The predicted molar refractivity (Wildman–Crippen MR) is 46.0 cm³/mol. The molecule has 0 aliphatic rings. The van der Waals surface area contributed by atoms with Gasteiger partial charge in [-0.15, -0.1) is 12.3 Å². The highest BCUT2D eigenvalue weighted by Crippen LogP contribution is 1.99. The van der Waals surface area contributed by atoms with Crippen LogP contribution in [0.2, 0.25) is 0 Å². The van der Waals surface area contributed by atoms with E-state index in [-0.39, 0.29) is 5.78 Å². The minimum Gasteiger partial charge on any atom is -0.330 e. The zero-order valence-electron chi connectivity index (χ0n) is 6.81. The normalized spacial score (nSPS) is 9.09. The molecule has 62 valence electrons. The van der Waals surface area contributed by atoms with Crippen LogP contribution in [-0.2, 0) is 4.79 Å². The molecule has 0 heterocycles. The van der Waals surface area contributed by atoms with Gasteiger partial charge in [0, 0.05) is 19.3 Å². The third kappa shape index (κ3) is 7.08. The van der Waals surface area contributed by atoms with Crippen molar-refractivity contribution in [2.75, 3.05) is 6.54 Å². The molecule has 0 bridgehead atoms. The van der Waals surface area contributed by atoms with E-state index in [0.717, 1.165) is 12.8 Å². The monoisotopic (exact) mass is 153 g/mol. The molecule has 0 amide bonds. The van der Waals surface area contributed by atoms with Crippen LogP contribution in [0.5, 0.6) is 0 Å². The van der Waals surface area contributed by atoms with Crippen molar-refractivity contribution in [2.45, 2.75) is 32.1 Å². The van der Waals surface area contributed by atoms with Crippen LogP contribution in [0.3, 0.4) is 0 Å². The Morgan fingerprint density at radius 3 is 2.64 bits per heavy atom. The number of hydrogen-bond donors (Lipinski definition) is 1. The number of Topliss-reactive ketones (excluding diaryl/α,β-unsaturated/α-hetero) is 1. The van der Waals surface area contributed by atoms with Crippen LogP contribution in [-0.4, -0.2) is 12.3 Å². The van der Waals surface area contributed by atoms with Gasteiger partial charge in [0.15, 0.2) is 0 Å². The van der Waals surface area contributed by atoms with Crippen molar-refractivity contribution in [3.8, 4) is 12.3 Å². The van der Waals surface area contributed by atoms with E-state index in [9.17, 15) is 4.79 Å². The summed E-state index contributed by atoms with van der Waals surface area (Å²) in [5.74, 6) is 2.70. The van der Waals surface area contributed by atoms with E-state index in [1.54, 1.807) is 0 Å². The largest absolute Gasteiger partial charge is 0.330 e. The van der Waals surface area contributed by atoms with Crippen molar-refractivity contribution in [2.24, 2.45) is 5.73 Å². The van der Waals surface area contributed by atoms with E-state index >= 15 is 0 Å². The molecule has 0 spiro atoms. The predicted octanol–water partition coefficient (Wildman–Crippen LogP) is 1.10. The van der Waals surface area contributed by atoms with E-state index in [0.29, 0.717) is 25.8 Å². The third-order valence-corrected chi connectivity index (χ3v) is 1.46. The molecule has 2 heteroatoms. The van der Waals surface area contributed by atoms with E-state index in [1.807, 2.05) is 0 Å². The standard InChI is InChI=1S/C9H15NO/c1-2-3-6-9(11)7-4-5-8-10/h1H,3-8,10H2. The lowest BCUT2D eigenvalue weighted by Gasteiger charge is -1.96. The lowest BCUT2D eigenvalue weighted by Crippen LogP contribution is -2.01. The summed E-state index contributed by atoms with van der Waals surface area (Å²) < 4.78 is 0. The molecule has 0 aromatic carbocycles. The van der Waals surface area contributed by atoms with Crippen molar-refractivity contribution in [1.82, 2.24) is 0 Å². The molecule has 0 rings (SSSR count). The van der Waals surface area contributed by atoms with Gasteiger partial charge in [-0.1, -0.05) is 0 Å². The number of unbranched alkanes of at least 4 members (excludes halogenated alkanes) is 1. The summed E-state index contributed by atoms with van der Waals surface area (Å²) in [6.07, 6.45) is 8.58. The number of rotatable bonds is 6. The van der Waals surface area contributed by atoms with E-state index in [2.05, 4.69) is 5.92 Å². The van der Waals surface area contributed by atoms with Crippen LogP contribution in [0, 0.1) is 12.3 Å². The van der Waals surface area contributed by atoms with Gasteiger partial charge in [0.25, 0.3) is 0 Å². The summed E-state index contributed by atoms with van der Waals surface area (Å²) >= 11 is 0. The van der Waals surface area contributed by atoms with Gasteiger partial charge >= 0.3 is 0 Å². The van der Waals surface area contributed by atoms with Gasteiger partial charge in [-0.25, -0.2) is 0 Å². The fourth-order valence-electron chi connectivity index (χ4n) is 0.803. The van der Waals surface area contributed by atoms with Crippen LogP contribution in [0.25, 0.3) is 0 Å². The Morgan fingerprint density at radius 1 is 1.36 bits per heavy atom. The molecule has 2 N–H and O–H groups in total. The topological polar surface area (TPSA) is 43.1 Å². The second kappa shape index (κ2) is 7.30. The van der Waals surface area contributed by atoms with Crippen molar-refractivity contribution in [3.05, 3.63) is 0 Å². The Labute approximate surface area is 68.2 Å². The number of ketones is 1. The highest BCUT2D eigenvalue weighted by atomic mass is 16.1. The Morgan fingerprint density at radius 2 is 2.09 bits per heavy atom. The quantitative estimate of drug-likeness (QED) is 0.458. The lowest BCUT2D eigenvalue weighted by molar-refractivity contribution is -0.119. The molecule has 0 saturated heterocycles. The first kappa shape index (κ1) is 10.2. The lowest BCUT2D eigenvalue weighted by atomic mass is 10.1. The van der Waals surface area contributed by atoms with Crippen molar-refractivity contribution >= 4 is 5.78 Å². The van der Waals surface area contributed by atoms with Crippen LogP contribution in [0.1, 0.15) is 32.1 Å². The second-order valence-electron chi connectivity index (χ2n) is 2.49. The van der Waals surface area contributed by atoms with Crippen LogP contribution >= 0.6 is 0 Å². The second-order valence-corrected chi connectivity index (χ2v) is 2.49. The van der Waals surface area contributed by atoms with Gasteiger partial charge in [0.2, 0.25) is 0 Å². The molecule has 0 aromatic heterocycles. The number of carbonyl (C=O) groups is 1. The van der Waals surface area contributed by atoms with Gasteiger partial charge < -0.3 is 5.73 Å². The maximum Gasteiger partial charge on any atom is 0.133 e. The summed E-state index contributed by atoms with van der Waals surface area (Å²) in [4.78, 5) is 10.9. The molecule has 2 nitrogen and oxygen atoms in total. The fraction of sp³-hybridized carbons (Fsp3) is 0.667. The molecule has 0 aliphatic carbocycles. The molecule has 0 aliphatic heterocycles. The molecule has 0 atom stereocenters. The summed E-state index contributed by atoms with van der Waals surface area (Å²) in [6, 6.07) is 0. The van der Waals surface area contributed by atoms with Crippen LogP contribution in [0.15, 0.2) is 0 Å². The SMILES string of the molecule is C#CCCC(=O)CCCCN. The number of nitrogens with two attached hydrogens (primary N) is 1. The number of hydrogen-bond acceptors (Lipinski definition) is 2. The molecule has 0 radical (unpaired) electrons. The first-order valence-electron chi connectivity index (χ1n) is 3.96. The summed E-state index contributed by atoms with van der Waals surface area (Å²) in [6.45, 7) is 0.669. The molecule has 0 aromatic rings. The molecule has 11 heavy (non-hydrogen) atoms. The van der Waals surface area contributed by atoms with Gasteiger partial charge in [-0.05, 0) is 19.4 Å². The third-order valence-electron chi connectivity index (χ3n) is 1.46. The van der Waals surface area contributed by atoms with E-state index < -0.39 is 0 Å². The Balaban J connectivity index is 3.17. The van der Waals surface area contributed by atoms with Crippen molar-refractivity contribution in [3.63, 3.8) is 0 Å². The van der Waals surface area contributed by atoms with Crippen LogP contribution in [0.4, 0.5) is 0 Å². The summed E-state index contributed by atoms with van der Waals surface area (Å²) in [5, 5.41) is 0. The molecular weight excluding hydrogens is 138 g/mol. The van der Waals surface area contributed by atoms with E-state index in [4.69, 9.17) is 12.2 Å². The number of carbonyl (C=O) groups excluding carboxylic acids is 1. The highest BCUT2D eigenvalue weighted by Gasteiger charge is 1.98. The first-order valence-corrected chi connectivity index (χ1v) is 3.96. The van der Waals surface area contributed by atoms with E-state index in [1.165, 1.54) is 0 Å². The van der Waals surface area contributed by atoms with Crippen molar-refractivity contribution in [1.29, 1.82) is 0 Å². The maximum atomic E-state index is 10.9. The Bertz CT molecular complexity index is 146. The Kier molecular flexibility index (Phi) is 6.76. The van der Waals surface area contributed by atoms with Gasteiger partial charge in [-0.3, -0.25) is 4.79 Å². The van der Waals surface area contributed by atoms with Gasteiger partial charge in [0.05, 0.1) is 0 Å². The molecular formula is C9H15NO. The summed E-state index contributed by atoms with van der Waals surface area (Å²) in [7, 11) is 0. The summed E-state index contributed by atoms with van der Waals surface area (Å²) in [5.41, 5.74) is 5.27. The zero-order chi connectivity index (χ0) is 8.53. The minimum absolute atomic E-state index is 0.261.